The molecule has 1 aliphatic carbocycles. The van der Waals surface area contributed by atoms with Gasteiger partial charge in [0, 0.05) is 0 Å². The van der Waals surface area contributed by atoms with Gasteiger partial charge in [0.2, 0.25) is 0 Å². The minimum atomic E-state index is -0.321. The number of rotatable bonds is 4. The van der Waals surface area contributed by atoms with Gasteiger partial charge in [-0.2, -0.15) is 0 Å². The maximum atomic E-state index is 12.3. The number of morpholine rings is 1. The zero-order valence-corrected chi connectivity index (χ0v) is 11.0. The first-order valence-electron chi connectivity index (χ1n) is 6.61. The molecule has 0 aromatic carbocycles. The first kappa shape index (κ1) is 12.8. The summed E-state index contributed by atoms with van der Waals surface area (Å²) in [6, 6.07) is 0.302. The second-order valence-corrected chi connectivity index (χ2v) is 5.40. The lowest BCUT2D eigenvalue weighted by Crippen LogP contribution is -2.55. The van der Waals surface area contributed by atoms with E-state index in [2.05, 4.69) is 0 Å². The Balaban J connectivity index is 1.86. The number of ether oxygens (including phenoxy) is 2. The second kappa shape index (κ2) is 5.36. The highest BCUT2D eigenvalue weighted by Gasteiger charge is 2.33. The van der Waals surface area contributed by atoms with Crippen LogP contribution in [-0.4, -0.2) is 48.8 Å². The van der Waals surface area contributed by atoms with E-state index in [9.17, 15) is 4.79 Å². The summed E-state index contributed by atoms with van der Waals surface area (Å²) in [5.41, 5.74) is 0. The van der Waals surface area contributed by atoms with Crippen LogP contribution in [0.5, 0.6) is 0 Å². The number of amides is 1. The minimum absolute atomic E-state index is 0.106. The lowest BCUT2D eigenvalue weighted by Gasteiger charge is -2.40. The lowest BCUT2D eigenvalue weighted by atomic mass is 10.1. The van der Waals surface area contributed by atoms with E-state index in [1.54, 1.807) is 0 Å². The molecular formula is C13H23NO3. The Labute approximate surface area is 103 Å². The van der Waals surface area contributed by atoms with Gasteiger partial charge in [0.15, 0.2) is 0 Å². The molecule has 1 heterocycles. The molecule has 3 unspecified atom stereocenters. The summed E-state index contributed by atoms with van der Waals surface area (Å²) >= 11 is 0. The summed E-state index contributed by atoms with van der Waals surface area (Å²) < 4.78 is 11.1. The lowest BCUT2D eigenvalue weighted by molar-refractivity contribution is -0.155. The van der Waals surface area contributed by atoms with E-state index >= 15 is 0 Å². The molecule has 2 fully saturated rings. The van der Waals surface area contributed by atoms with Crippen molar-refractivity contribution in [1.29, 1.82) is 0 Å². The maximum absolute atomic E-state index is 12.3. The van der Waals surface area contributed by atoms with Crippen molar-refractivity contribution in [3.05, 3.63) is 0 Å². The standard InChI is InChI=1S/C13H23NO3/c1-9-6-16-7-10(2)14(9)13(15)11(3)17-8-12-4-5-12/h9-12H,4-8H2,1-3H3. The van der Waals surface area contributed by atoms with Gasteiger partial charge in [-0.05, 0) is 39.5 Å². The van der Waals surface area contributed by atoms with Crippen molar-refractivity contribution in [3.8, 4) is 0 Å². The summed E-state index contributed by atoms with van der Waals surface area (Å²) in [5, 5.41) is 0. The molecule has 4 nitrogen and oxygen atoms in total. The van der Waals surface area contributed by atoms with Crippen molar-refractivity contribution in [2.75, 3.05) is 19.8 Å². The monoisotopic (exact) mass is 241 g/mol. The van der Waals surface area contributed by atoms with Crippen molar-refractivity contribution in [3.63, 3.8) is 0 Å². The third-order valence-corrected chi connectivity index (χ3v) is 3.55. The quantitative estimate of drug-likeness (QED) is 0.747. The fourth-order valence-electron chi connectivity index (χ4n) is 2.28. The average Bonchev–Trinajstić information content (AvgIpc) is 3.09. The van der Waals surface area contributed by atoms with Crippen LogP contribution in [0.25, 0.3) is 0 Å². The molecule has 0 N–H and O–H groups in total. The molecule has 1 amide bonds. The third-order valence-electron chi connectivity index (χ3n) is 3.55. The van der Waals surface area contributed by atoms with Crippen LogP contribution < -0.4 is 0 Å². The largest absolute Gasteiger partial charge is 0.377 e. The van der Waals surface area contributed by atoms with E-state index in [0.717, 1.165) is 6.61 Å². The normalized spacial score (nSPS) is 31.4. The van der Waals surface area contributed by atoms with Gasteiger partial charge in [-0.3, -0.25) is 4.79 Å². The van der Waals surface area contributed by atoms with Crippen LogP contribution in [0.15, 0.2) is 0 Å². The van der Waals surface area contributed by atoms with Crippen molar-refractivity contribution in [2.45, 2.75) is 51.8 Å². The predicted octanol–water partition coefficient (Wildman–Crippen LogP) is 1.44. The summed E-state index contributed by atoms with van der Waals surface area (Å²) in [7, 11) is 0. The van der Waals surface area contributed by atoms with Crippen LogP contribution in [0.1, 0.15) is 33.6 Å². The highest BCUT2D eigenvalue weighted by Crippen LogP contribution is 2.29. The van der Waals surface area contributed by atoms with Gasteiger partial charge in [0.1, 0.15) is 6.10 Å². The van der Waals surface area contributed by atoms with Gasteiger partial charge < -0.3 is 14.4 Å². The Kier molecular flexibility index (Phi) is 4.05. The summed E-state index contributed by atoms with van der Waals surface area (Å²) in [6.45, 7) is 7.92. The zero-order chi connectivity index (χ0) is 12.4. The van der Waals surface area contributed by atoms with E-state index in [1.807, 2.05) is 25.7 Å². The van der Waals surface area contributed by atoms with E-state index in [0.29, 0.717) is 19.1 Å². The van der Waals surface area contributed by atoms with Crippen molar-refractivity contribution < 1.29 is 14.3 Å². The smallest absolute Gasteiger partial charge is 0.252 e. The molecule has 1 aliphatic heterocycles. The summed E-state index contributed by atoms with van der Waals surface area (Å²) in [6.07, 6.45) is 2.19. The third kappa shape index (κ3) is 3.19. The van der Waals surface area contributed by atoms with Gasteiger partial charge >= 0.3 is 0 Å². The second-order valence-electron chi connectivity index (χ2n) is 5.40. The van der Waals surface area contributed by atoms with Crippen molar-refractivity contribution in [2.24, 2.45) is 5.92 Å². The van der Waals surface area contributed by atoms with Crippen LogP contribution in [0.3, 0.4) is 0 Å². The van der Waals surface area contributed by atoms with E-state index < -0.39 is 0 Å². The van der Waals surface area contributed by atoms with Gasteiger partial charge in [0.25, 0.3) is 5.91 Å². The zero-order valence-electron chi connectivity index (χ0n) is 11.0. The average molecular weight is 241 g/mol. The highest BCUT2D eigenvalue weighted by molar-refractivity contribution is 5.81. The number of nitrogens with zero attached hydrogens (tertiary/aromatic N) is 1. The predicted molar refractivity (Wildman–Crippen MR) is 64.7 cm³/mol. The molecule has 98 valence electrons. The van der Waals surface area contributed by atoms with Crippen LogP contribution >= 0.6 is 0 Å². The molecule has 1 saturated heterocycles. The number of hydrogen-bond donors (Lipinski definition) is 0. The van der Waals surface area contributed by atoms with Crippen molar-refractivity contribution in [1.82, 2.24) is 4.90 Å². The Morgan fingerprint density at radius 1 is 1.35 bits per heavy atom. The Morgan fingerprint density at radius 3 is 2.47 bits per heavy atom. The minimum Gasteiger partial charge on any atom is -0.377 e. The molecule has 3 atom stereocenters. The first-order valence-corrected chi connectivity index (χ1v) is 6.61. The number of carbonyl (C=O) groups excluding carboxylic acids is 1. The fraction of sp³-hybridized carbons (Fsp3) is 0.923. The molecule has 1 saturated carbocycles. The molecule has 0 bridgehead atoms. The fourth-order valence-corrected chi connectivity index (χ4v) is 2.28. The molecule has 0 spiro atoms. The van der Waals surface area contributed by atoms with E-state index in [-0.39, 0.29) is 24.1 Å². The SMILES string of the molecule is CC(OCC1CC1)C(=O)N1C(C)COCC1C. The van der Waals surface area contributed by atoms with Crippen LogP contribution in [0.4, 0.5) is 0 Å². The number of carbonyl (C=O) groups is 1. The number of hydrogen-bond acceptors (Lipinski definition) is 3. The van der Waals surface area contributed by atoms with Gasteiger partial charge in [-0.15, -0.1) is 0 Å². The summed E-state index contributed by atoms with van der Waals surface area (Å²) in [5.74, 6) is 0.804. The van der Waals surface area contributed by atoms with Crippen LogP contribution in [0.2, 0.25) is 0 Å². The summed E-state index contributed by atoms with van der Waals surface area (Å²) in [4.78, 5) is 14.2. The molecule has 0 aromatic heterocycles. The van der Waals surface area contributed by atoms with Crippen LogP contribution in [-0.2, 0) is 14.3 Å². The highest BCUT2D eigenvalue weighted by atomic mass is 16.5. The Hall–Kier alpha value is -0.610. The molecule has 2 aliphatic rings. The van der Waals surface area contributed by atoms with Gasteiger partial charge in [0.05, 0.1) is 31.9 Å². The van der Waals surface area contributed by atoms with Gasteiger partial charge in [-0.25, -0.2) is 0 Å². The Bertz CT molecular complexity index is 268. The van der Waals surface area contributed by atoms with Crippen LogP contribution in [0, 0.1) is 5.92 Å². The molecule has 4 heteroatoms. The molecule has 0 aromatic rings. The molecule has 2 rings (SSSR count). The molecule has 17 heavy (non-hydrogen) atoms. The maximum Gasteiger partial charge on any atom is 0.252 e. The van der Waals surface area contributed by atoms with Crippen molar-refractivity contribution >= 4 is 5.91 Å². The molecule has 0 radical (unpaired) electrons. The van der Waals surface area contributed by atoms with E-state index in [1.165, 1.54) is 12.8 Å². The Morgan fingerprint density at radius 2 is 1.94 bits per heavy atom. The molecular weight excluding hydrogens is 218 g/mol. The van der Waals surface area contributed by atoms with E-state index in [4.69, 9.17) is 9.47 Å². The first-order chi connectivity index (χ1) is 8.09. The topological polar surface area (TPSA) is 38.8 Å². The van der Waals surface area contributed by atoms with Gasteiger partial charge in [-0.1, -0.05) is 0 Å².